The number of rotatable bonds is 4. The van der Waals surface area contributed by atoms with Crippen LogP contribution in [0.3, 0.4) is 0 Å². The number of aromatic nitrogens is 1. The molecule has 3 aromatic carbocycles. The Balaban J connectivity index is 1.60. The summed E-state index contributed by atoms with van der Waals surface area (Å²) in [6, 6.07) is 25.6. The second kappa shape index (κ2) is 8.98. The van der Waals surface area contributed by atoms with Gasteiger partial charge in [-0.1, -0.05) is 48.0 Å². The van der Waals surface area contributed by atoms with Crippen LogP contribution in [0, 0.1) is 6.92 Å². The summed E-state index contributed by atoms with van der Waals surface area (Å²) in [5.74, 6) is 1.22. The topological polar surface area (TPSA) is 55.7 Å². The normalized spacial score (nSPS) is 14.6. The molecule has 6 heteroatoms. The number of hydrogen-bond acceptors (Lipinski definition) is 3. The number of nitrogens with zero attached hydrogens (tertiary/aromatic N) is 2. The van der Waals surface area contributed by atoms with Gasteiger partial charge in [-0.3, -0.25) is 0 Å². The predicted octanol–water partition coefficient (Wildman–Crippen LogP) is 5.94. The van der Waals surface area contributed by atoms with E-state index >= 15 is 0 Å². The van der Waals surface area contributed by atoms with Crippen LogP contribution in [0.1, 0.15) is 28.4 Å². The van der Waals surface area contributed by atoms with Gasteiger partial charge in [-0.15, -0.1) is 0 Å². The van der Waals surface area contributed by atoms with Crippen molar-refractivity contribution in [3.63, 3.8) is 0 Å². The summed E-state index contributed by atoms with van der Waals surface area (Å²) in [5.41, 5.74) is 6.03. The third-order valence-corrected chi connectivity index (χ3v) is 6.22. The van der Waals surface area contributed by atoms with Gasteiger partial charge in [0, 0.05) is 35.8 Å². The highest BCUT2D eigenvalue weighted by atomic mass is 16.5. The number of carbonyl (C=O) groups is 1. The second-order valence-electron chi connectivity index (χ2n) is 8.40. The maximum absolute atomic E-state index is 13.8. The summed E-state index contributed by atoms with van der Waals surface area (Å²) in [4.78, 5) is 15.7. The molecule has 2 amide bonds. The Hall–Kier alpha value is -4.19. The first-order valence-electron chi connectivity index (χ1n) is 11.2. The van der Waals surface area contributed by atoms with Crippen LogP contribution in [0.5, 0.6) is 11.5 Å². The highest BCUT2D eigenvalue weighted by Gasteiger charge is 2.33. The van der Waals surface area contributed by atoms with E-state index in [0.29, 0.717) is 23.7 Å². The number of aryl methyl sites for hydroxylation is 1. The lowest BCUT2D eigenvalue weighted by Crippen LogP contribution is -2.37. The van der Waals surface area contributed by atoms with Crippen molar-refractivity contribution in [2.45, 2.75) is 19.5 Å². The van der Waals surface area contributed by atoms with Crippen molar-refractivity contribution in [3.8, 4) is 17.2 Å². The van der Waals surface area contributed by atoms with Gasteiger partial charge in [-0.2, -0.15) is 0 Å². The number of fused-ring (bicyclic) bond motifs is 3. The Bertz CT molecular complexity index is 1300. The lowest BCUT2D eigenvalue weighted by Gasteiger charge is -2.31. The van der Waals surface area contributed by atoms with Crippen LogP contribution in [0.15, 0.2) is 85.1 Å². The molecule has 1 aliphatic heterocycles. The lowest BCUT2D eigenvalue weighted by atomic mass is 10.0. The number of carbonyl (C=O) groups excluding carboxylic acids is 1. The summed E-state index contributed by atoms with van der Waals surface area (Å²) < 4.78 is 12.9. The summed E-state index contributed by atoms with van der Waals surface area (Å²) in [6.07, 6.45) is 2.06. The van der Waals surface area contributed by atoms with Gasteiger partial charge in [-0.25, -0.2) is 4.79 Å². The van der Waals surface area contributed by atoms with E-state index in [1.54, 1.807) is 32.4 Å². The molecule has 0 fully saturated rings. The maximum Gasteiger partial charge on any atom is 0.322 e. The van der Waals surface area contributed by atoms with Crippen molar-refractivity contribution >= 4 is 11.7 Å². The fraction of sp³-hybridized carbons (Fsp3) is 0.179. The Morgan fingerprint density at radius 1 is 0.912 bits per heavy atom. The molecule has 0 unspecified atom stereocenters. The van der Waals surface area contributed by atoms with Gasteiger partial charge in [0.25, 0.3) is 0 Å². The van der Waals surface area contributed by atoms with Gasteiger partial charge in [-0.05, 0) is 36.2 Å². The molecule has 2 heterocycles. The first-order chi connectivity index (χ1) is 16.6. The number of ether oxygens (including phenoxy) is 2. The van der Waals surface area contributed by atoms with Crippen LogP contribution in [-0.4, -0.2) is 29.7 Å². The van der Waals surface area contributed by atoms with Gasteiger partial charge < -0.3 is 24.3 Å². The molecular formula is C28H27N3O3. The number of urea groups is 1. The SMILES string of the molecule is COc1cc(NC(=O)N2Cc3ccccc3-n3cccc3[C@@H]2c2ccc(C)cc2)cc(OC)c1. The van der Waals surface area contributed by atoms with E-state index in [4.69, 9.17) is 9.47 Å². The number of para-hydroxylation sites is 1. The highest BCUT2D eigenvalue weighted by molar-refractivity contribution is 5.90. The van der Waals surface area contributed by atoms with E-state index in [2.05, 4.69) is 65.5 Å². The Kier molecular flexibility index (Phi) is 5.72. The average Bonchev–Trinajstić information content (AvgIpc) is 3.28. The van der Waals surface area contributed by atoms with Gasteiger partial charge in [0.2, 0.25) is 0 Å². The smallest absolute Gasteiger partial charge is 0.322 e. The molecule has 34 heavy (non-hydrogen) atoms. The van der Waals surface area contributed by atoms with Crippen LogP contribution in [-0.2, 0) is 6.54 Å². The van der Waals surface area contributed by atoms with E-state index in [-0.39, 0.29) is 12.1 Å². The summed E-state index contributed by atoms with van der Waals surface area (Å²) in [6.45, 7) is 2.53. The Morgan fingerprint density at radius 3 is 2.32 bits per heavy atom. The summed E-state index contributed by atoms with van der Waals surface area (Å²) in [5, 5.41) is 3.07. The number of amides is 2. The van der Waals surface area contributed by atoms with Crippen molar-refractivity contribution in [2.24, 2.45) is 0 Å². The van der Waals surface area contributed by atoms with Gasteiger partial charge in [0.15, 0.2) is 0 Å². The highest BCUT2D eigenvalue weighted by Crippen LogP contribution is 2.37. The second-order valence-corrected chi connectivity index (χ2v) is 8.40. The number of hydrogen-bond donors (Lipinski definition) is 1. The quantitative estimate of drug-likeness (QED) is 0.416. The van der Waals surface area contributed by atoms with E-state index in [0.717, 1.165) is 22.5 Å². The van der Waals surface area contributed by atoms with Crippen molar-refractivity contribution < 1.29 is 14.3 Å². The molecule has 0 aliphatic carbocycles. The standard InChI is InChI=1S/C28H27N3O3/c1-19-10-12-20(13-11-19)27-26-9-6-14-30(26)25-8-5-4-7-21(25)18-31(27)28(32)29-22-15-23(33-2)17-24(16-22)34-3/h4-17,27H,18H2,1-3H3,(H,29,32)/t27-/m0/s1. The molecule has 1 aliphatic rings. The predicted molar refractivity (Wildman–Crippen MR) is 133 cm³/mol. The molecule has 1 N–H and O–H groups in total. The lowest BCUT2D eigenvalue weighted by molar-refractivity contribution is 0.194. The molecule has 0 saturated carbocycles. The minimum Gasteiger partial charge on any atom is -0.497 e. The van der Waals surface area contributed by atoms with Crippen LogP contribution < -0.4 is 14.8 Å². The average molecular weight is 454 g/mol. The molecule has 6 nitrogen and oxygen atoms in total. The van der Waals surface area contributed by atoms with E-state index < -0.39 is 0 Å². The maximum atomic E-state index is 13.8. The van der Waals surface area contributed by atoms with E-state index in [1.807, 2.05) is 23.1 Å². The minimum atomic E-state index is -0.268. The van der Waals surface area contributed by atoms with Gasteiger partial charge >= 0.3 is 6.03 Å². The third kappa shape index (κ3) is 3.99. The van der Waals surface area contributed by atoms with Crippen molar-refractivity contribution in [2.75, 3.05) is 19.5 Å². The van der Waals surface area contributed by atoms with Crippen LogP contribution in [0.4, 0.5) is 10.5 Å². The zero-order valence-corrected chi connectivity index (χ0v) is 19.5. The number of anilines is 1. The first-order valence-corrected chi connectivity index (χ1v) is 11.2. The molecule has 5 rings (SSSR count). The number of methoxy groups -OCH3 is 2. The van der Waals surface area contributed by atoms with Crippen molar-refractivity contribution in [1.29, 1.82) is 0 Å². The fourth-order valence-corrected chi connectivity index (χ4v) is 4.51. The van der Waals surface area contributed by atoms with Gasteiger partial charge in [0.05, 0.1) is 32.5 Å². The molecule has 0 saturated heterocycles. The first kappa shape index (κ1) is 21.6. The molecule has 172 valence electrons. The van der Waals surface area contributed by atoms with E-state index in [9.17, 15) is 4.79 Å². The largest absolute Gasteiger partial charge is 0.497 e. The van der Waals surface area contributed by atoms with Crippen LogP contribution in [0.2, 0.25) is 0 Å². The Labute approximate surface area is 199 Å². The van der Waals surface area contributed by atoms with Crippen molar-refractivity contribution in [1.82, 2.24) is 9.47 Å². The minimum absolute atomic E-state index is 0.203. The monoisotopic (exact) mass is 453 g/mol. The third-order valence-electron chi connectivity index (χ3n) is 6.22. The number of nitrogens with one attached hydrogen (secondary N) is 1. The van der Waals surface area contributed by atoms with Crippen molar-refractivity contribution in [3.05, 3.63) is 107 Å². The molecule has 1 aromatic heterocycles. The summed E-state index contributed by atoms with van der Waals surface area (Å²) in [7, 11) is 3.18. The molecule has 0 spiro atoms. The van der Waals surface area contributed by atoms with Crippen LogP contribution >= 0.6 is 0 Å². The van der Waals surface area contributed by atoms with Crippen LogP contribution in [0.25, 0.3) is 5.69 Å². The molecule has 4 aromatic rings. The van der Waals surface area contributed by atoms with E-state index in [1.165, 1.54) is 5.56 Å². The molecule has 0 radical (unpaired) electrons. The zero-order valence-electron chi connectivity index (χ0n) is 19.5. The Morgan fingerprint density at radius 2 is 1.62 bits per heavy atom. The summed E-state index contributed by atoms with van der Waals surface area (Å²) >= 11 is 0. The number of benzene rings is 3. The molecule has 0 bridgehead atoms. The zero-order chi connectivity index (χ0) is 23.7. The molecular weight excluding hydrogens is 426 g/mol. The fourth-order valence-electron chi connectivity index (χ4n) is 4.51. The van der Waals surface area contributed by atoms with Gasteiger partial charge in [0.1, 0.15) is 11.5 Å². The molecule has 1 atom stereocenters.